The zero-order chi connectivity index (χ0) is 21.2. The van der Waals surface area contributed by atoms with Crippen molar-refractivity contribution in [2.75, 3.05) is 22.5 Å². The van der Waals surface area contributed by atoms with Crippen LogP contribution in [-0.4, -0.2) is 21.6 Å². The molecule has 2 aromatic heterocycles. The summed E-state index contributed by atoms with van der Waals surface area (Å²) >= 11 is 2.87. The molecule has 1 unspecified atom stereocenters. The Morgan fingerprint density at radius 1 is 1.38 bits per heavy atom. The first-order valence-corrected chi connectivity index (χ1v) is 11.3. The zero-order valence-electron chi connectivity index (χ0n) is 16.9. The number of amides is 1. The number of nitrogens with zero attached hydrogens (tertiary/aromatic N) is 3. The van der Waals surface area contributed by atoms with Gasteiger partial charge in [-0.3, -0.25) is 4.79 Å². The molecule has 1 aliphatic carbocycles. The number of thiophene rings is 1. The number of hydrogen-bond donors (Lipinski definition) is 3. The average Bonchev–Trinajstić information content (AvgIpc) is 2.96. The minimum absolute atomic E-state index is 0.128. The Bertz CT molecular complexity index is 937. The highest BCUT2D eigenvalue weighted by Gasteiger charge is 2.32. The molecule has 1 amide bonds. The molecule has 1 aliphatic rings. The summed E-state index contributed by atoms with van der Waals surface area (Å²) in [5.74, 6) is 1.57. The Morgan fingerprint density at radius 3 is 2.69 bits per heavy atom. The lowest BCUT2D eigenvalue weighted by atomic mass is 9.72. The first-order chi connectivity index (χ1) is 13.7. The van der Waals surface area contributed by atoms with Gasteiger partial charge in [-0.2, -0.15) is 5.26 Å². The first kappa shape index (κ1) is 21.4. The van der Waals surface area contributed by atoms with Crippen molar-refractivity contribution in [1.29, 1.82) is 5.26 Å². The molecule has 0 radical (unpaired) electrons. The van der Waals surface area contributed by atoms with Crippen LogP contribution in [-0.2, 0) is 17.6 Å². The number of hydrogen-bond acceptors (Lipinski definition) is 8. The summed E-state index contributed by atoms with van der Waals surface area (Å²) in [5, 5.41) is 13.7. The molecule has 1 atom stereocenters. The minimum atomic E-state index is -0.128. The predicted molar refractivity (Wildman–Crippen MR) is 119 cm³/mol. The second kappa shape index (κ2) is 8.59. The number of nitrogens with two attached hydrogens (primary N) is 2. The van der Waals surface area contributed by atoms with Crippen molar-refractivity contribution < 1.29 is 4.79 Å². The van der Waals surface area contributed by atoms with Gasteiger partial charge < -0.3 is 16.8 Å². The molecule has 0 spiro atoms. The summed E-state index contributed by atoms with van der Waals surface area (Å²) in [6, 6.07) is 3.79. The number of aromatic nitrogens is 2. The second-order valence-electron chi connectivity index (χ2n) is 8.27. The summed E-state index contributed by atoms with van der Waals surface area (Å²) < 4.78 is 0. The minimum Gasteiger partial charge on any atom is -0.383 e. The van der Waals surface area contributed by atoms with Gasteiger partial charge >= 0.3 is 0 Å². The van der Waals surface area contributed by atoms with Gasteiger partial charge in [-0.1, -0.05) is 32.5 Å². The standard InChI is InChI=1S/C20H26N6OS2/c1-20(2,3)11-4-5-12-13(10-21)18(29-14(12)8-11)26-17(27)6-7-28-19-24-15(22)9-16(23)25-19/h9,11H,4-8H2,1-3H3,(H,26,27)(H4,22,23,24,25). The number of thioether (sulfide) groups is 1. The molecule has 5 N–H and O–H groups in total. The van der Waals surface area contributed by atoms with E-state index >= 15 is 0 Å². The highest BCUT2D eigenvalue weighted by Crippen LogP contribution is 2.44. The molecule has 0 saturated heterocycles. The molecule has 9 heteroatoms. The van der Waals surface area contributed by atoms with Crippen LogP contribution in [0, 0.1) is 22.7 Å². The molecule has 0 saturated carbocycles. The maximum Gasteiger partial charge on any atom is 0.225 e. The molecular formula is C20H26N6OS2. The third-order valence-electron chi connectivity index (χ3n) is 5.16. The van der Waals surface area contributed by atoms with E-state index in [1.54, 1.807) is 11.3 Å². The van der Waals surface area contributed by atoms with Gasteiger partial charge in [0.2, 0.25) is 5.91 Å². The predicted octanol–water partition coefficient (Wildman–Crippen LogP) is 3.85. The van der Waals surface area contributed by atoms with E-state index in [4.69, 9.17) is 11.5 Å². The van der Waals surface area contributed by atoms with E-state index in [1.807, 2.05) is 0 Å². The number of carbonyl (C=O) groups excluding carboxylic acids is 1. The van der Waals surface area contributed by atoms with Gasteiger partial charge in [0.15, 0.2) is 5.16 Å². The Morgan fingerprint density at radius 2 is 2.07 bits per heavy atom. The van der Waals surface area contributed by atoms with Crippen LogP contribution in [0.2, 0.25) is 0 Å². The molecule has 2 aromatic rings. The monoisotopic (exact) mass is 430 g/mol. The van der Waals surface area contributed by atoms with Gasteiger partial charge in [0, 0.05) is 23.1 Å². The van der Waals surface area contributed by atoms with Crippen LogP contribution >= 0.6 is 23.1 Å². The van der Waals surface area contributed by atoms with Gasteiger partial charge in [0.05, 0.1) is 5.56 Å². The van der Waals surface area contributed by atoms with Crippen molar-refractivity contribution in [2.24, 2.45) is 11.3 Å². The third kappa shape index (κ3) is 5.19. The van der Waals surface area contributed by atoms with E-state index in [1.165, 1.54) is 22.7 Å². The van der Waals surface area contributed by atoms with E-state index in [2.05, 4.69) is 42.1 Å². The van der Waals surface area contributed by atoms with Crippen LogP contribution in [0.5, 0.6) is 0 Å². The van der Waals surface area contributed by atoms with Crippen molar-refractivity contribution in [2.45, 2.75) is 51.6 Å². The molecule has 0 aromatic carbocycles. The molecule has 7 nitrogen and oxygen atoms in total. The van der Waals surface area contributed by atoms with Crippen LogP contribution < -0.4 is 16.8 Å². The lowest BCUT2D eigenvalue weighted by molar-refractivity contribution is -0.115. The van der Waals surface area contributed by atoms with Crippen molar-refractivity contribution in [3.63, 3.8) is 0 Å². The van der Waals surface area contributed by atoms with Crippen molar-refractivity contribution in [1.82, 2.24) is 9.97 Å². The molecular weight excluding hydrogens is 404 g/mol. The van der Waals surface area contributed by atoms with Gasteiger partial charge in [0.1, 0.15) is 22.7 Å². The van der Waals surface area contributed by atoms with Crippen LogP contribution in [0.3, 0.4) is 0 Å². The van der Waals surface area contributed by atoms with E-state index in [0.717, 1.165) is 24.8 Å². The normalized spacial score (nSPS) is 16.1. The number of fused-ring (bicyclic) bond motifs is 1. The van der Waals surface area contributed by atoms with E-state index in [0.29, 0.717) is 39.0 Å². The van der Waals surface area contributed by atoms with Gasteiger partial charge in [-0.25, -0.2) is 9.97 Å². The quantitative estimate of drug-likeness (QED) is 0.485. The fraction of sp³-hybridized carbons (Fsp3) is 0.500. The van der Waals surface area contributed by atoms with Gasteiger partial charge in [-0.15, -0.1) is 11.3 Å². The number of carbonyl (C=O) groups is 1. The summed E-state index contributed by atoms with van der Waals surface area (Å²) in [6.07, 6.45) is 3.23. The Labute approximate surface area is 179 Å². The molecule has 29 heavy (non-hydrogen) atoms. The molecule has 2 heterocycles. The van der Waals surface area contributed by atoms with Crippen LogP contribution in [0.4, 0.5) is 16.6 Å². The lowest BCUT2D eigenvalue weighted by Gasteiger charge is -2.33. The molecule has 154 valence electrons. The fourth-order valence-corrected chi connectivity index (χ4v) is 5.59. The summed E-state index contributed by atoms with van der Waals surface area (Å²) in [7, 11) is 0. The van der Waals surface area contributed by atoms with E-state index in [-0.39, 0.29) is 17.7 Å². The third-order valence-corrected chi connectivity index (χ3v) is 7.18. The van der Waals surface area contributed by atoms with E-state index in [9.17, 15) is 10.1 Å². The number of anilines is 3. The largest absolute Gasteiger partial charge is 0.383 e. The Hall–Kier alpha value is -2.31. The van der Waals surface area contributed by atoms with Crippen LogP contribution in [0.15, 0.2) is 11.2 Å². The summed E-state index contributed by atoms with van der Waals surface area (Å²) in [4.78, 5) is 21.8. The number of nitrogens with one attached hydrogen (secondary N) is 1. The lowest BCUT2D eigenvalue weighted by Crippen LogP contribution is -2.26. The van der Waals surface area contributed by atoms with Crippen LogP contribution in [0.1, 0.15) is 49.6 Å². The van der Waals surface area contributed by atoms with Gasteiger partial charge in [0.25, 0.3) is 0 Å². The van der Waals surface area contributed by atoms with Crippen molar-refractivity contribution in [3.8, 4) is 6.07 Å². The average molecular weight is 431 g/mol. The SMILES string of the molecule is CC(C)(C)C1CCc2c(sc(NC(=O)CCSc3nc(N)cc(N)n3)c2C#N)C1. The number of nitrogen functional groups attached to an aromatic ring is 2. The maximum atomic E-state index is 12.4. The molecule has 3 rings (SSSR count). The van der Waals surface area contributed by atoms with Crippen molar-refractivity contribution >= 4 is 45.6 Å². The van der Waals surface area contributed by atoms with E-state index < -0.39 is 0 Å². The number of nitriles is 1. The molecule has 0 bridgehead atoms. The topological polar surface area (TPSA) is 131 Å². The first-order valence-electron chi connectivity index (χ1n) is 9.54. The van der Waals surface area contributed by atoms with Gasteiger partial charge in [-0.05, 0) is 36.2 Å². The smallest absolute Gasteiger partial charge is 0.225 e. The highest BCUT2D eigenvalue weighted by molar-refractivity contribution is 7.99. The zero-order valence-corrected chi connectivity index (χ0v) is 18.5. The summed E-state index contributed by atoms with van der Waals surface area (Å²) in [6.45, 7) is 6.79. The Kier molecular flexibility index (Phi) is 6.34. The van der Waals surface area contributed by atoms with Crippen molar-refractivity contribution in [3.05, 3.63) is 22.1 Å². The molecule has 0 aliphatic heterocycles. The van der Waals surface area contributed by atoms with Crippen LogP contribution in [0.25, 0.3) is 0 Å². The fourth-order valence-electron chi connectivity index (χ4n) is 3.48. The number of rotatable bonds is 5. The maximum absolute atomic E-state index is 12.4. The second-order valence-corrected chi connectivity index (χ2v) is 10.4. The summed E-state index contributed by atoms with van der Waals surface area (Å²) in [5.41, 5.74) is 13.3. The molecule has 0 fully saturated rings. The Balaban J connectivity index is 1.62. The highest BCUT2D eigenvalue weighted by atomic mass is 32.2.